The van der Waals surface area contributed by atoms with Crippen LogP contribution in [-0.4, -0.2) is 21.0 Å². The first-order valence-electron chi connectivity index (χ1n) is 7.17. The zero-order valence-electron chi connectivity index (χ0n) is 11.3. The maximum atomic E-state index is 4.53. The molecule has 1 aliphatic carbocycles. The quantitative estimate of drug-likeness (QED) is 0.914. The summed E-state index contributed by atoms with van der Waals surface area (Å²) in [6.07, 6.45) is 10.2. The van der Waals surface area contributed by atoms with Gasteiger partial charge in [-0.05, 0) is 37.8 Å². The second-order valence-electron chi connectivity index (χ2n) is 5.43. The molecule has 0 amide bonds. The lowest BCUT2D eigenvalue weighted by molar-refractivity contribution is 0.328. The van der Waals surface area contributed by atoms with Crippen molar-refractivity contribution in [2.75, 3.05) is 5.32 Å². The maximum absolute atomic E-state index is 4.53. The fraction of sp³-hybridized carbons (Fsp3) is 0.533. The number of rotatable bonds is 3. The van der Waals surface area contributed by atoms with Crippen molar-refractivity contribution in [3.05, 3.63) is 24.5 Å². The summed E-state index contributed by atoms with van der Waals surface area (Å²) < 4.78 is 0. The van der Waals surface area contributed by atoms with Crippen molar-refractivity contribution in [2.45, 2.75) is 45.1 Å². The van der Waals surface area contributed by atoms with E-state index in [1.54, 1.807) is 12.4 Å². The Morgan fingerprint density at radius 1 is 1.11 bits per heavy atom. The monoisotopic (exact) mass is 256 g/mol. The second-order valence-corrected chi connectivity index (χ2v) is 5.43. The molecule has 1 atom stereocenters. The van der Waals surface area contributed by atoms with Gasteiger partial charge in [0, 0.05) is 18.4 Å². The predicted octanol–water partition coefficient (Wildman–Crippen LogP) is 3.41. The smallest absolute Gasteiger partial charge is 0.180 e. The van der Waals surface area contributed by atoms with Gasteiger partial charge in [0.1, 0.15) is 11.3 Å². The lowest BCUT2D eigenvalue weighted by atomic mass is 9.84. The zero-order chi connectivity index (χ0) is 13.1. The van der Waals surface area contributed by atoms with E-state index in [1.807, 2.05) is 12.1 Å². The third kappa shape index (κ3) is 2.83. The summed E-state index contributed by atoms with van der Waals surface area (Å²) in [4.78, 5) is 13.0. The molecule has 2 aromatic rings. The third-order valence-electron chi connectivity index (χ3n) is 4.06. The SMILES string of the molecule is CC(Nc1ccc2nccnc2n1)C1CCCCC1. The molecule has 100 valence electrons. The van der Waals surface area contributed by atoms with Crippen molar-refractivity contribution >= 4 is 17.0 Å². The minimum atomic E-state index is 0.474. The summed E-state index contributed by atoms with van der Waals surface area (Å²) in [5, 5.41) is 3.52. The van der Waals surface area contributed by atoms with Crippen molar-refractivity contribution in [3.63, 3.8) is 0 Å². The highest BCUT2D eigenvalue weighted by Gasteiger charge is 2.20. The van der Waals surface area contributed by atoms with Crippen LogP contribution in [0.1, 0.15) is 39.0 Å². The number of aromatic nitrogens is 3. The van der Waals surface area contributed by atoms with E-state index in [0.717, 1.165) is 17.3 Å². The molecule has 0 aromatic carbocycles. The van der Waals surface area contributed by atoms with Gasteiger partial charge in [0.05, 0.1) is 0 Å². The van der Waals surface area contributed by atoms with E-state index in [-0.39, 0.29) is 0 Å². The van der Waals surface area contributed by atoms with Gasteiger partial charge in [-0.1, -0.05) is 19.3 Å². The molecule has 4 nitrogen and oxygen atoms in total. The Bertz CT molecular complexity index is 549. The van der Waals surface area contributed by atoms with E-state index in [9.17, 15) is 0 Å². The summed E-state index contributed by atoms with van der Waals surface area (Å²) in [5.74, 6) is 1.68. The number of hydrogen-bond donors (Lipinski definition) is 1. The Morgan fingerprint density at radius 3 is 2.74 bits per heavy atom. The Hall–Kier alpha value is -1.71. The van der Waals surface area contributed by atoms with Gasteiger partial charge in [-0.2, -0.15) is 0 Å². The third-order valence-corrected chi connectivity index (χ3v) is 4.06. The highest BCUT2D eigenvalue weighted by atomic mass is 15.0. The van der Waals surface area contributed by atoms with Crippen molar-refractivity contribution in [1.82, 2.24) is 15.0 Å². The first-order chi connectivity index (χ1) is 9.33. The van der Waals surface area contributed by atoms with Gasteiger partial charge in [0.15, 0.2) is 5.65 Å². The molecular weight excluding hydrogens is 236 g/mol. The van der Waals surface area contributed by atoms with E-state index in [2.05, 4.69) is 27.2 Å². The van der Waals surface area contributed by atoms with Crippen LogP contribution in [0, 0.1) is 5.92 Å². The van der Waals surface area contributed by atoms with Gasteiger partial charge in [0.2, 0.25) is 0 Å². The number of anilines is 1. The molecule has 19 heavy (non-hydrogen) atoms. The molecule has 0 radical (unpaired) electrons. The van der Waals surface area contributed by atoms with Gasteiger partial charge < -0.3 is 5.32 Å². The molecule has 2 heterocycles. The van der Waals surface area contributed by atoms with Crippen molar-refractivity contribution < 1.29 is 0 Å². The van der Waals surface area contributed by atoms with Gasteiger partial charge in [-0.15, -0.1) is 0 Å². The highest BCUT2D eigenvalue weighted by molar-refractivity contribution is 5.71. The van der Waals surface area contributed by atoms with Gasteiger partial charge >= 0.3 is 0 Å². The molecule has 3 rings (SSSR count). The first-order valence-corrected chi connectivity index (χ1v) is 7.17. The van der Waals surface area contributed by atoms with Crippen molar-refractivity contribution in [1.29, 1.82) is 0 Å². The molecule has 1 fully saturated rings. The summed E-state index contributed by atoms with van der Waals surface area (Å²) in [5.41, 5.74) is 1.56. The van der Waals surface area contributed by atoms with E-state index in [4.69, 9.17) is 0 Å². The fourth-order valence-corrected chi connectivity index (χ4v) is 2.92. The molecule has 0 spiro atoms. The fourth-order valence-electron chi connectivity index (χ4n) is 2.92. The van der Waals surface area contributed by atoms with Gasteiger partial charge in [0.25, 0.3) is 0 Å². The van der Waals surface area contributed by atoms with E-state index in [0.29, 0.717) is 11.7 Å². The predicted molar refractivity (Wildman–Crippen MR) is 77.0 cm³/mol. The normalized spacial score (nSPS) is 18.4. The second kappa shape index (κ2) is 5.51. The Labute approximate surface area is 113 Å². The maximum Gasteiger partial charge on any atom is 0.180 e. The molecule has 2 aromatic heterocycles. The van der Waals surface area contributed by atoms with Crippen LogP contribution in [0.25, 0.3) is 11.2 Å². The molecule has 0 bridgehead atoms. The number of hydrogen-bond acceptors (Lipinski definition) is 4. The first kappa shape index (κ1) is 12.3. The number of nitrogens with one attached hydrogen (secondary N) is 1. The van der Waals surface area contributed by atoms with Crippen LogP contribution >= 0.6 is 0 Å². The average Bonchev–Trinajstić information content (AvgIpc) is 2.48. The van der Waals surface area contributed by atoms with Gasteiger partial charge in [-0.25, -0.2) is 9.97 Å². The Kier molecular flexibility index (Phi) is 3.58. The minimum absolute atomic E-state index is 0.474. The topological polar surface area (TPSA) is 50.7 Å². The highest BCUT2D eigenvalue weighted by Crippen LogP contribution is 2.27. The molecule has 4 heteroatoms. The van der Waals surface area contributed by atoms with E-state index in [1.165, 1.54) is 32.1 Å². The Morgan fingerprint density at radius 2 is 1.89 bits per heavy atom. The average molecular weight is 256 g/mol. The minimum Gasteiger partial charge on any atom is -0.367 e. The van der Waals surface area contributed by atoms with Crippen LogP contribution in [0.2, 0.25) is 0 Å². The van der Waals surface area contributed by atoms with Crippen LogP contribution in [0.15, 0.2) is 24.5 Å². The molecule has 1 aliphatic rings. The summed E-state index contributed by atoms with van der Waals surface area (Å²) >= 11 is 0. The lowest BCUT2D eigenvalue weighted by Gasteiger charge is -2.28. The molecule has 1 unspecified atom stereocenters. The van der Waals surface area contributed by atoms with Crippen molar-refractivity contribution in [3.8, 4) is 0 Å². The number of nitrogens with zero attached hydrogens (tertiary/aromatic N) is 3. The summed E-state index contributed by atoms with van der Waals surface area (Å²) in [6.45, 7) is 2.26. The summed E-state index contributed by atoms with van der Waals surface area (Å²) in [6, 6.07) is 4.45. The van der Waals surface area contributed by atoms with Crippen molar-refractivity contribution in [2.24, 2.45) is 5.92 Å². The standard InChI is InChI=1S/C15H20N4/c1-11(12-5-3-2-4-6-12)18-14-8-7-13-15(19-14)17-10-9-16-13/h7-12H,2-6H2,1H3,(H,17,18,19). The van der Waals surface area contributed by atoms with Crippen LogP contribution < -0.4 is 5.32 Å². The number of fused-ring (bicyclic) bond motifs is 1. The zero-order valence-corrected chi connectivity index (χ0v) is 11.3. The molecule has 0 saturated heterocycles. The lowest BCUT2D eigenvalue weighted by Crippen LogP contribution is -2.28. The van der Waals surface area contributed by atoms with Crippen LogP contribution in [-0.2, 0) is 0 Å². The van der Waals surface area contributed by atoms with E-state index >= 15 is 0 Å². The van der Waals surface area contributed by atoms with Gasteiger partial charge in [-0.3, -0.25) is 4.98 Å². The van der Waals surface area contributed by atoms with E-state index < -0.39 is 0 Å². The molecule has 0 aliphatic heterocycles. The number of pyridine rings is 1. The van der Waals surface area contributed by atoms with Crippen LogP contribution in [0.4, 0.5) is 5.82 Å². The molecule has 1 N–H and O–H groups in total. The largest absolute Gasteiger partial charge is 0.367 e. The summed E-state index contributed by atoms with van der Waals surface area (Å²) in [7, 11) is 0. The molecular formula is C15H20N4. The Balaban J connectivity index is 1.73. The molecule has 1 saturated carbocycles. The van der Waals surface area contributed by atoms with Crippen LogP contribution in [0.5, 0.6) is 0 Å². The van der Waals surface area contributed by atoms with Crippen LogP contribution in [0.3, 0.4) is 0 Å².